The Labute approximate surface area is 135 Å². The van der Waals surface area contributed by atoms with Crippen molar-refractivity contribution in [3.8, 4) is 5.75 Å². The second kappa shape index (κ2) is 9.37. The van der Waals surface area contributed by atoms with E-state index < -0.39 is 0 Å². The minimum atomic E-state index is 0.361. The zero-order valence-electron chi connectivity index (χ0n) is 14.5. The minimum Gasteiger partial charge on any atom is -0.496 e. The first-order valence-electron chi connectivity index (χ1n) is 8.03. The molecule has 0 radical (unpaired) electrons. The molecule has 120 valence electrons. The topological polar surface area (TPSA) is 21.3 Å². The van der Waals surface area contributed by atoms with Gasteiger partial charge in [-0.3, -0.25) is 0 Å². The van der Waals surface area contributed by atoms with Crippen molar-refractivity contribution in [3.05, 3.63) is 28.8 Å². The maximum atomic E-state index is 5.65. The van der Waals surface area contributed by atoms with Crippen LogP contribution in [-0.4, -0.2) is 24.7 Å². The molecule has 0 saturated heterocycles. The van der Waals surface area contributed by atoms with Crippen LogP contribution in [0.2, 0.25) is 0 Å². The Bertz CT molecular complexity index is 433. The Hall–Kier alpha value is -0.670. The van der Waals surface area contributed by atoms with Crippen LogP contribution in [0.25, 0.3) is 0 Å². The summed E-state index contributed by atoms with van der Waals surface area (Å²) in [5.41, 5.74) is 3.91. The fraction of sp³-hybridized carbons (Fsp3) is 0.667. The van der Waals surface area contributed by atoms with Crippen LogP contribution in [0.5, 0.6) is 5.75 Å². The first-order chi connectivity index (χ1) is 10.0. The van der Waals surface area contributed by atoms with Crippen LogP contribution >= 0.6 is 11.8 Å². The molecule has 0 aromatic heterocycles. The number of methoxy groups -OCH3 is 1. The van der Waals surface area contributed by atoms with Gasteiger partial charge in [-0.15, -0.1) is 0 Å². The molecule has 0 saturated carbocycles. The van der Waals surface area contributed by atoms with Crippen molar-refractivity contribution in [1.82, 2.24) is 5.32 Å². The Morgan fingerprint density at radius 2 is 1.95 bits per heavy atom. The molecular formula is C18H31NOS. The van der Waals surface area contributed by atoms with Crippen molar-refractivity contribution in [1.29, 1.82) is 0 Å². The van der Waals surface area contributed by atoms with E-state index in [2.05, 4.69) is 52.1 Å². The molecule has 2 atom stereocenters. The number of aryl methyl sites for hydroxylation is 2. The Kier molecular flexibility index (Phi) is 8.20. The number of hydrogen-bond acceptors (Lipinski definition) is 3. The van der Waals surface area contributed by atoms with Gasteiger partial charge in [0.25, 0.3) is 0 Å². The second-order valence-electron chi connectivity index (χ2n) is 5.76. The highest BCUT2D eigenvalue weighted by molar-refractivity contribution is 7.99. The molecule has 0 fully saturated rings. The van der Waals surface area contributed by atoms with Crippen LogP contribution in [0.1, 0.15) is 56.3 Å². The van der Waals surface area contributed by atoms with E-state index in [0.29, 0.717) is 11.3 Å². The van der Waals surface area contributed by atoms with Crippen LogP contribution < -0.4 is 10.1 Å². The molecular weight excluding hydrogens is 278 g/mol. The third-order valence-electron chi connectivity index (χ3n) is 3.82. The summed E-state index contributed by atoms with van der Waals surface area (Å²) in [5.74, 6) is 2.11. The molecule has 0 heterocycles. The average Bonchev–Trinajstić information content (AvgIpc) is 2.47. The van der Waals surface area contributed by atoms with Crippen molar-refractivity contribution < 1.29 is 4.74 Å². The fourth-order valence-corrected chi connectivity index (χ4v) is 3.54. The summed E-state index contributed by atoms with van der Waals surface area (Å²) in [6.07, 6.45) is 2.37. The molecule has 2 nitrogen and oxygen atoms in total. The van der Waals surface area contributed by atoms with E-state index in [0.717, 1.165) is 24.5 Å². The summed E-state index contributed by atoms with van der Waals surface area (Å²) in [5, 5.41) is 4.40. The largest absolute Gasteiger partial charge is 0.496 e. The van der Waals surface area contributed by atoms with E-state index in [9.17, 15) is 0 Å². The van der Waals surface area contributed by atoms with Gasteiger partial charge in [-0.25, -0.2) is 0 Å². The summed E-state index contributed by atoms with van der Waals surface area (Å²) in [7, 11) is 1.77. The molecule has 1 aromatic carbocycles. The summed E-state index contributed by atoms with van der Waals surface area (Å²) >= 11 is 2.04. The highest BCUT2D eigenvalue weighted by atomic mass is 32.2. The van der Waals surface area contributed by atoms with Crippen molar-refractivity contribution in [3.63, 3.8) is 0 Å². The predicted molar refractivity (Wildman–Crippen MR) is 95.7 cm³/mol. The molecule has 0 aliphatic heterocycles. The van der Waals surface area contributed by atoms with Crippen LogP contribution in [0.15, 0.2) is 12.1 Å². The van der Waals surface area contributed by atoms with E-state index in [4.69, 9.17) is 4.74 Å². The Balaban J connectivity index is 3.01. The van der Waals surface area contributed by atoms with Gasteiger partial charge in [-0.1, -0.05) is 26.8 Å². The molecule has 0 aliphatic rings. The fourth-order valence-electron chi connectivity index (χ4n) is 2.50. The molecule has 3 heteroatoms. The van der Waals surface area contributed by atoms with Crippen LogP contribution in [0, 0.1) is 13.8 Å². The van der Waals surface area contributed by atoms with E-state index >= 15 is 0 Å². The van der Waals surface area contributed by atoms with Gasteiger partial charge >= 0.3 is 0 Å². The van der Waals surface area contributed by atoms with Gasteiger partial charge in [0.2, 0.25) is 0 Å². The highest BCUT2D eigenvalue weighted by Gasteiger charge is 2.19. The lowest BCUT2D eigenvalue weighted by molar-refractivity contribution is 0.401. The molecule has 1 rings (SSSR count). The van der Waals surface area contributed by atoms with Crippen molar-refractivity contribution >= 4 is 11.8 Å². The lowest BCUT2D eigenvalue weighted by atomic mass is 9.98. The SMILES string of the molecule is CCCNC(CSC(C)CC)c1c(C)cc(C)cc1OC. The smallest absolute Gasteiger partial charge is 0.124 e. The molecule has 1 aromatic rings. The van der Waals surface area contributed by atoms with Gasteiger partial charge in [0.05, 0.1) is 7.11 Å². The average molecular weight is 310 g/mol. The molecule has 21 heavy (non-hydrogen) atoms. The highest BCUT2D eigenvalue weighted by Crippen LogP contribution is 2.33. The predicted octanol–water partition coefficient (Wildman–Crippen LogP) is 4.88. The minimum absolute atomic E-state index is 0.361. The van der Waals surface area contributed by atoms with Gasteiger partial charge < -0.3 is 10.1 Å². The summed E-state index contributed by atoms with van der Waals surface area (Å²) in [6.45, 7) is 12.1. The van der Waals surface area contributed by atoms with E-state index in [-0.39, 0.29) is 0 Å². The third kappa shape index (κ3) is 5.55. The Morgan fingerprint density at radius 3 is 2.52 bits per heavy atom. The van der Waals surface area contributed by atoms with Crippen molar-refractivity contribution in [2.45, 2.75) is 58.8 Å². The monoisotopic (exact) mass is 309 g/mol. The van der Waals surface area contributed by atoms with Crippen molar-refractivity contribution in [2.75, 3.05) is 19.4 Å². The summed E-state index contributed by atoms with van der Waals surface area (Å²) in [4.78, 5) is 0. The molecule has 1 N–H and O–H groups in total. The van der Waals surface area contributed by atoms with Gasteiger partial charge in [0.15, 0.2) is 0 Å². The molecule has 0 spiro atoms. The maximum absolute atomic E-state index is 5.65. The molecule has 2 unspecified atom stereocenters. The van der Waals surface area contributed by atoms with Crippen molar-refractivity contribution in [2.24, 2.45) is 0 Å². The number of nitrogens with one attached hydrogen (secondary N) is 1. The second-order valence-corrected chi connectivity index (χ2v) is 7.23. The quantitative estimate of drug-likeness (QED) is 0.702. The number of ether oxygens (including phenoxy) is 1. The van der Waals surface area contributed by atoms with Gasteiger partial charge in [0, 0.05) is 22.6 Å². The third-order valence-corrected chi connectivity index (χ3v) is 5.25. The van der Waals surface area contributed by atoms with Gasteiger partial charge in [-0.05, 0) is 50.4 Å². The van der Waals surface area contributed by atoms with E-state index in [1.165, 1.54) is 23.1 Å². The van der Waals surface area contributed by atoms with E-state index in [1.54, 1.807) is 7.11 Å². The van der Waals surface area contributed by atoms with E-state index in [1.807, 2.05) is 11.8 Å². The maximum Gasteiger partial charge on any atom is 0.124 e. The zero-order chi connectivity index (χ0) is 15.8. The molecule has 0 amide bonds. The first kappa shape index (κ1) is 18.4. The Morgan fingerprint density at radius 1 is 1.24 bits per heavy atom. The molecule has 0 aliphatic carbocycles. The number of hydrogen-bond donors (Lipinski definition) is 1. The summed E-state index contributed by atoms with van der Waals surface area (Å²) < 4.78 is 5.65. The zero-order valence-corrected chi connectivity index (χ0v) is 15.3. The standard InChI is InChI=1S/C18H31NOS/c1-7-9-19-16(12-21-15(5)8-2)18-14(4)10-13(3)11-17(18)20-6/h10-11,15-16,19H,7-9,12H2,1-6H3. The number of thioether (sulfide) groups is 1. The van der Waals surface area contributed by atoms with Gasteiger partial charge in [-0.2, -0.15) is 11.8 Å². The van der Waals surface area contributed by atoms with Crippen LogP contribution in [0.4, 0.5) is 0 Å². The van der Waals surface area contributed by atoms with Crippen LogP contribution in [0.3, 0.4) is 0 Å². The number of rotatable bonds is 9. The van der Waals surface area contributed by atoms with Gasteiger partial charge in [0.1, 0.15) is 5.75 Å². The lowest BCUT2D eigenvalue weighted by Gasteiger charge is -2.24. The first-order valence-corrected chi connectivity index (χ1v) is 9.08. The van der Waals surface area contributed by atoms with Crippen LogP contribution in [-0.2, 0) is 0 Å². The summed E-state index contributed by atoms with van der Waals surface area (Å²) in [6, 6.07) is 4.77. The molecule has 0 bridgehead atoms. The normalized spacial score (nSPS) is 14.0. The number of benzene rings is 1. The lowest BCUT2D eigenvalue weighted by Crippen LogP contribution is -2.26.